The Balaban J connectivity index is 1.51. The molecule has 0 aliphatic carbocycles. The molecule has 0 unspecified atom stereocenters. The Morgan fingerprint density at radius 3 is 2.69 bits per heavy atom. The Bertz CT molecular complexity index is 1330. The van der Waals surface area contributed by atoms with Crippen molar-refractivity contribution in [2.45, 2.75) is 25.4 Å². The third-order valence-electron chi connectivity index (χ3n) is 5.02. The molecule has 0 fully saturated rings. The highest BCUT2D eigenvalue weighted by atomic mass is 35.5. The van der Waals surface area contributed by atoms with Crippen LogP contribution < -0.4 is 10.9 Å². The van der Waals surface area contributed by atoms with Gasteiger partial charge < -0.3 is 5.32 Å². The van der Waals surface area contributed by atoms with Gasteiger partial charge in [0.1, 0.15) is 4.70 Å². The van der Waals surface area contributed by atoms with E-state index in [2.05, 4.69) is 10.3 Å². The molecular formula is C24H22ClN3O2S2. The number of thiophene rings is 1. The van der Waals surface area contributed by atoms with E-state index in [-0.39, 0.29) is 17.2 Å². The number of nitrogens with one attached hydrogen (secondary N) is 1. The van der Waals surface area contributed by atoms with Crippen molar-refractivity contribution in [3.8, 4) is 5.69 Å². The molecule has 1 amide bonds. The Hall–Kier alpha value is -2.61. The Labute approximate surface area is 199 Å². The van der Waals surface area contributed by atoms with E-state index in [9.17, 15) is 9.59 Å². The van der Waals surface area contributed by atoms with E-state index in [1.165, 1.54) is 23.1 Å². The predicted molar refractivity (Wildman–Crippen MR) is 134 cm³/mol. The van der Waals surface area contributed by atoms with Crippen LogP contribution >= 0.6 is 34.7 Å². The number of carbonyl (C=O) groups is 1. The van der Waals surface area contributed by atoms with Crippen molar-refractivity contribution in [2.24, 2.45) is 0 Å². The number of halogens is 1. The molecule has 8 heteroatoms. The summed E-state index contributed by atoms with van der Waals surface area (Å²) in [7, 11) is 0. The van der Waals surface area contributed by atoms with E-state index in [0.29, 0.717) is 26.9 Å². The molecule has 32 heavy (non-hydrogen) atoms. The van der Waals surface area contributed by atoms with Gasteiger partial charge >= 0.3 is 0 Å². The number of aryl methyl sites for hydroxylation is 2. The first-order valence-electron chi connectivity index (χ1n) is 10.1. The number of rotatable bonds is 7. The Morgan fingerprint density at radius 1 is 1.16 bits per heavy atom. The molecule has 0 atom stereocenters. The van der Waals surface area contributed by atoms with Crippen molar-refractivity contribution in [3.05, 3.63) is 86.0 Å². The van der Waals surface area contributed by atoms with Crippen LogP contribution in [0.5, 0.6) is 0 Å². The van der Waals surface area contributed by atoms with Crippen molar-refractivity contribution in [3.63, 3.8) is 0 Å². The first-order valence-corrected chi connectivity index (χ1v) is 12.4. The van der Waals surface area contributed by atoms with Gasteiger partial charge in [-0.05, 0) is 61.0 Å². The average Bonchev–Trinajstić information content (AvgIpc) is 3.24. The molecule has 4 rings (SSSR count). The fourth-order valence-electron chi connectivity index (χ4n) is 3.44. The summed E-state index contributed by atoms with van der Waals surface area (Å²) >= 11 is 8.56. The fourth-order valence-corrected chi connectivity index (χ4v) is 5.16. The molecule has 1 N–H and O–H groups in total. The third-order valence-corrected chi connectivity index (χ3v) is 7.11. The van der Waals surface area contributed by atoms with Gasteiger partial charge in [0.25, 0.3) is 5.56 Å². The monoisotopic (exact) mass is 483 g/mol. The summed E-state index contributed by atoms with van der Waals surface area (Å²) in [5, 5.41) is 6.01. The quantitative estimate of drug-likeness (QED) is 0.291. The number of hydrogen-bond donors (Lipinski definition) is 1. The molecule has 0 saturated carbocycles. The lowest BCUT2D eigenvalue weighted by molar-refractivity contribution is -0.118. The summed E-state index contributed by atoms with van der Waals surface area (Å²) in [6.07, 6.45) is 0.722. The van der Waals surface area contributed by atoms with Gasteiger partial charge in [-0.2, -0.15) is 0 Å². The van der Waals surface area contributed by atoms with Crippen LogP contribution in [0.25, 0.3) is 15.9 Å². The van der Waals surface area contributed by atoms with Gasteiger partial charge in [0.2, 0.25) is 5.91 Å². The molecule has 164 valence electrons. The zero-order valence-electron chi connectivity index (χ0n) is 17.7. The van der Waals surface area contributed by atoms with Crippen molar-refractivity contribution >= 4 is 50.8 Å². The molecule has 4 aromatic rings. The number of fused-ring (bicyclic) bond motifs is 1. The van der Waals surface area contributed by atoms with Crippen LogP contribution in [-0.4, -0.2) is 27.8 Å². The highest BCUT2D eigenvalue weighted by Gasteiger charge is 2.17. The van der Waals surface area contributed by atoms with E-state index in [1.54, 1.807) is 4.57 Å². The summed E-state index contributed by atoms with van der Waals surface area (Å²) in [5.41, 5.74) is 4.55. The lowest BCUT2D eigenvalue weighted by atomic mass is 10.1. The maximum Gasteiger partial charge on any atom is 0.276 e. The molecule has 5 nitrogen and oxygen atoms in total. The standard InChI is InChI=1S/C24H22ClN3O2S2/c1-15-3-8-20(16(2)13-15)28-23(30)22-19(10-12-31-22)27-24(28)32-14-21(29)26-11-9-17-4-6-18(25)7-5-17/h3-8,10,12-13H,9,11,14H2,1-2H3,(H,26,29). The lowest BCUT2D eigenvalue weighted by Gasteiger charge is -2.14. The van der Waals surface area contributed by atoms with Gasteiger partial charge in [0, 0.05) is 11.6 Å². The highest BCUT2D eigenvalue weighted by Crippen LogP contribution is 2.25. The smallest absolute Gasteiger partial charge is 0.276 e. The number of aromatic nitrogens is 2. The van der Waals surface area contributed by atoms with Gasteiger partial charge in [0.15, 0.2) is 5.16 Å². The molecule has 0 spiro atoms. The molecule has 0 aliphatic rings. The third kappa shape index (κ3) is 5.06. The molecule has 0 radical (unpaired) electrons. The minimum atomic E-state index is -0.109. The molecular weight excluding hydrogens is 462 g/mol. The summed E-state index contributed by atoms with van der Waals surface area (Å²) in [5.74, 6) is 0.0731. The van der Waals surface area contributed by atoms with Gasteiger partial charge in [0.05, 0.1) is 17.0 Å². The summed E-state index contributed by atoms with van der Waals surface area (Å²) in [6.45, 7) is 4.53. The summed E-state index contributed by atoms with van der Waals surface area (Å²) < 4.78 is 2.24. The van der Waals surface area contributed by atoms with Crippen LogP contribution in [-0.2, 0) is 11.2 Å². The molecule has 0 saturated heterocycles. The number of carbonyl (C=O) groups excluding carboxylic acids is 1. The number of hydrogen-bond acceptors (Lipinski definition) is 5. The van der Waals surface area contributed by atoms with Crippen LogP contribution in [0, 0.1) is 13.8 Å². The van der Waals surface area contributed by atoms with Gasteiger partial charge in [-0.25, -0.2) is 4.98 Å². The first kappa shape index (κ1) is 22.6. The Kier molecular flexibility index (Phi) is 6.98. The van der Waals surface area contributed by atoms with Crippen molar-refractivity contribution < 1.29 is 4.79 Å². The first-order chi connectivity index (χ1) is 15.4. The molecule has 0 aliphatic heterocycles. The van der Waals surface area contributed by atoms with E-state index in [1.807, 2.05) is 67.8 Å². The van der Waals surface area contributed by atoms with E-state index < -0.39 is 0 Å². The average molecular weight is 484 g/mol. The minimum absolute atomic E-state index is 0.101. The van der Waals surface area contributed by atoms with E-state index in [4.69, 9.17) is 11.6 Å². The van der Waals surface area contributed by atoms with Gasteiger partial charge in [-0.1, -0.05) is 53.2 Å². The number of nitrogens with zero attached hydrogens (tertiary/aromatic N) is 2. The predicted octanol–water partition coefficient (Wildman–Crippen LogP) is 5.17. The second kappa shape index (κ2) is 9.90. The van der Waals surface area contributed by atoms with Crippen molar-refractivity contribution in [1.29, 1.82) is 0 Å². The van der Waals surface area contributed by atoms with Crippen LogP contribution in [0.15, 0.2) is 63.9 Å². The fraction of sp³-hybridized carbons (Fsp3) is 0.208. The normalized spacial score (nSPS) is 11.1. The van der Waals surface area contributed by atoms with Crippen molar-refractivity contribution in [1.82, 2.24) is 14.9 Å². The number of benzene rings is 2. The minimum Gasteiger partial charge on any atom is -0.355 e. The van der Waals surface area contributed by atoms with Crippen LogP contribution in [0.2, 0.25) is 5.02 Å². The number of amides is 1. The molecule has 2 heterocycles. The SMILES string of the molecule is Cc1ccc(-n2c(SCC(=O)NCCc3ccc(Cl)cc3)nc3ccsc3c2=O)c(C)c1. The second-order valence-electron chi connectivity index (χ2n) is 7.47. The lowest BCUT2D eigenvalue weighted by Crippen LogP contribution is -2.28. The van der Waals surface area contributed by atoms with E-state index in [0.717, 1.165) is 28.8 Å². The Morgan fingerprint density at radius 2 is 1.94 bits per heavy atom. The molecule has 0 bridgehead atoms. The van der Waals surface area contributed by atoms with Crippen molar-refractivity contribution in [2.75, 3.05) is 12.3 Å². The van der Waals surface area contributed by atoms with Gasteiger partial charge in [-0.15, -0.1) is 11.3 Å². The summed E-state index contributed by atoms with van der Waals surface area (Å²) in [6, 6.07) is 15.4. The van der Waals surface area contributed by atoms with Crippen LogP contribution in [0.1, 0.15) is 16.7 Å². The maximum absolute atomic E-state index is 13.3. The maximum atomic E-state index is 13.3. The number of thioether (sulfide) groups is 1. The largest absolute Gasteiger partial charge is 0.355 e. The molecule has 2 aromatic heterocycles. The zero-order valence-corrected chi connectivity index (χ0v) is 20.1. The zero-order chi connectivity index (χ0) is 22.7. The van der Waals surface area contributed by atoms with Gasteiger partial charge in [-0.3, -0.25) is 14.2 Å². The highest BCUT2D eigenvalue weighted by molar-refractivity contribution is 7.99. The topological polar surface area (TPSA) is 64.0 Å². The summed E-state index contributed by atoms with van der Waals surface area (Å²) in [4.78, 5) is 30.4. The molecule has 2 aromatic carbocycles. The van der Waals surface area contributed by atoms with Crippen LogP contribution in [0.4, 0.5) is 0 Å². The van der Waals surface area contributed by atoms with E-state index >= 15 is 0 Å². The van der Waals surface area contributed by atoms with Crippen LogP contribution in [0.3, 0.4) is 0 Å². The second-order valence-corrected chi connectivity index (χ2v) is 9.77.